The molecule has 0 bridgehead atoms. The Labute approximate surface area is 243 Å². The summed E-state index contributed by atoms with van der Waals surface area (Å²) >= 11 is 5.99. The highest BCUT2D eigenvalue weighted by Gasteiger charge is 2.49. The molecule has 3 heterocycles. The van der Waals surface area contributed by atoms with Crippen LogP contribution in [0, 0.1) is 30.9 Å². The van der Waals surface area contributed by atoms with E-state index in [9.17, 15) is 41.7 Å². The zero-order valence-corrected chi connectivity index (χ0v) is 22.4. The third-order valence-corrected chi connectivity index (χ3v) is 7.03. The second-order valence-electron chi connectivity index (χ2n) is 9.55. The number of rotatable bonds is 5. The van der Waals surface area contributed by atoms with Crippen molar-refractivity contribution >= 4 is 17.4 Å². The summed E-state index contributed by atoms with van der Waals surface area (Å²) in [6.45, 7) is 7.98. The van der Waals surface area contributed by atoms with E-state index in [2.05, 4.69) is 20.0 Å². The molecule has 0 spiro atoms. The van der Waals surface area contributed by atoms with Gasteiger partial charge in [-0.05, 0) is 47.9 Å². The molecule has 43 heavy (non-hydrogen) atoms. The first-order valence-electron chi connectivity index (χ1n) is 12.3. The van der Waals surface area contributed by atoms with Crippen molar-refractivity contribution in [3.63, 3.8) is 0 Å². The van der Waals surface area contributed by atoms with Gasteiger partial charge in [0.1, 0.15) is 36.3 Å². The first-order chi connectivity index (χ1) is 20.2. The lowest BCUT2D eigenvalue weighted by molar-refractivity contribution is -0.210. The van der Waals surface area contributed by atoms with E-state index in [1.54, 1.807) is 0 Å². The van der Waals surface area contributed by atoms with E-state index in [0.717, 1.165) is 33.8 Å². The van der Waals surface area contributed by atoms with Gasteiger partial charge in [0.2, 0.25) is 0 Å². The molecule has 2 aromatic carbocycles. The first-order valence-corrected chi connectivity index (χ1v) is 12.7. The van der Waals surface area contributed by atoms with Crippen LogP contribution in [0.5, 0.6) is 0 Å². The highest BCUT2D eigenvalue weighted by molar-refractivity contribution is 6.30. The molecule has 0 amide bonds. The average molecular weight is 629 g/mol. The Kier molecular flexibility index (Phi) is 7.96. The van der Waals surface area contributed by atoms with Crippen LogP contribution in [-0.2, 0) is 10.9 Å². The zero-order chi connectivity index (χ0) is 31.4. The lowest BCUT2D eigenvalue weighted by Crippen LogP contribution is -2.53. The van der Waals surface area contributed by atoms with Gasteiger partial charge in [-0.25, -0.2) is 22.8 Å². The summed E-state index contributed by atoms with van der Waals surface area (Å²) in [6, 6.07) is 2.44. The smallest absolute Gasteiger partial charge is 0.394 e. The van der Waals surface area contributed by atoms with Crippen molar-refractivity contribution in [2.75, 3.05) is 6.61 Å². The second kappa shape index (κ2) is 11.2. The summed E-state index contributed by atoms with van der Waals surface area (Å²) < 4.78 is 90.5. The lowest BCUT2D eigenvalue weighted by atomic mass is 9.92. The molecule has 0 saturated carbocycles. The van der Waals surface area contributed by atoms with Gasteiger partial charge in [0.05, 0.1) is 17.9 Å². The molecule has 17 heteroatoms. The molecule has 1 saturated heterocycles. The van der Waals surface area contributed by atoms with Gasteiger partial charge < -0.3 is 24.9 Å². The number of ether oxygens (including phenoxy) is 1. The van der Waals surface area contributed by atoms with Crippen molar-refractivity contribution < 1.29 is 46.4 Å². The van der Waals surface area contributed by atoms with Gasteiger partial charge in [-0.2, -0.15) is 23.0 Å². The normalized spacial score (nSPS) is 22.5. The van der Waals surface area contributed by atoms with Gasteiger partial charge >= 0.3 is 12.0 Å². The summed E-state index contributed by atoms with van der Waals surface area (Å²) in [5.74, 6) is -5.65. The highest BCUT2D eigenvalue weighted by Crippen LogP contribution is 2.42. The van der Waals surface area contributed by atoms with Crippen LogP contribution in [0.25, 0.3) is 21.7 Å². The highest BCUT2D eigenvalue weighted by atomic mass is 35.5. The summed E-state index contributed by atoms with van der Waals surface area (Å²) in [4.78, 5) is 7.34. The minimum atomic E-state index is -4.85. The fraction of sp³-hybridized carbons (Fsp3) is 0.308. The number of aromatic nitrogens is 5. The first kappa shape index (κ1) is 30.4. The van der Waals surface area contributed by atoms with Crippen LogP contribution in [0.2, 0.25) is 5.02 Å². The Bertz CT molecular complexity index is 1710. The molecular formula is C26H19ClF6N6O4. The van der Waals surface area contributed by atoms with Crippen molar-refractivity contribution in [2.45, 2.75) is 43.6 Å². The van der Waals surface area contributed by atoms with Gasteiger partial charge in [0.25, 0.3) is 0 Å². The summed E-state index contributed by atoms with van der Waals surface area (Å²) in [5.41, 5.74) is -2.16. The maximum atomic E-state index is 14.0. The van der Waals surface area contributed by atoms with Crippen molar-refractivity contribution in [1.29, 1.82) is 0 Å². The number of aliphatic hydroxyl groups excluding tert-OH is 3. The number of aryl methyl sites for hydroxylation is 1. The predicted molar refractivity (Wildman–Crippen MR) is 136 cm³/mol. The Morgan fingerprint density at radius 2 is 1.74 bits per heavy atom. The Morgan fingerprint density at radius 3 is 2.35 bits per heavy atom. The third-order valence-electron chi connectivity index (χ3n) is 6.80. The van der Waals surface area contributed by atoms with E-state index in [0.29, 0.717) is 12.1 Å². The standard InChI is InChI=1S/C26H19ClF6N6O4/c1-10-35-25(39(36-10)17-7-12(27)3-4-14(17)26(31,32)33)23-22(42)20(21(41)18(9-40)43-23)38-8-13(24(34-2)37-38)11-5-15(28)19(30)16(29)6-11/h3-8,18,20-23,40-42H,9H2,1H3/t18?,20-,21-,22?,23+/m0/s1. The molecule has 5 atom stereocenters. The minimum Gasteiger partial charge on any atom is -0.394 e. The largest absolute Gasteiger partial charge is 0.418 e. The van der Waals surface area contributed by atoms with Crippen molar-refractivity contribution in [1.82, 2.24) is 24.5 Å². The van der Waals surface area contributed by atoms with E-state index in [1.807, 2.05) is 0 Å². The SMILES string of the molecule is [C-]#[N+]c1nn([C@@H]2C(O)[C@H](c3nc(C)nn3-c3cc(Cl)ccc3C(F)(F)F)OC(CO)[C@@H]2O)cc1-c1cc(F)c(F)c(F)c1. The maximum Gasteiger partial charge on any atom is 0.418 e. The Morgan fingerprint density at radius 1 is 1.07 bits per heavy atom. The predicted octanol–water partition coefficient (Wildman–Crippen LogP) is 4.47. The van der Waals surface area contributed by atoms with Gasteiger partial charge in [-0.3, -0.25) is 0 Å². The molecule has 2 unspecified atom stereocenters. The van der Waals surface area contributed by atoms with Gasteiger partial charge in [-0.15, -0.1) is 0 Å². The van der Waals surface area contributed by atoms with Crippen molar-refractivity contribution in [2.24, 2.45) is 0 Å². The number of hydrogen-bond acceptors (Lipinski definition) is 7. The molecule has 10 nitrogen and oxygen atoms in total. The van der Waals surface area contributed by atoms with Crippen LogP contribution < -0.4 is 0 Å². The summed E-state index contributed by atoms with van der Waals surface area (Å²) in [5, 5.41) is 40.4. The fourth-order valence-corrected chi connectivity index (χ4v) is 5.04. The van der Waals surface area contributed by atoms with E-state index in [1.165, 1.54) is 6.92 Å². The van der Waals surface area contributed by atoms with E-state index in [4.69, 9.17) is 22.9 Å². The molecular weight excluding hydrogens is 610 g/mol. The average Bonchev–Trinajstić information content (AvgIpc) is 3.54. The maximum absolute atomic E-state index is 14.0. The van der Waals surface area contributed by atoms with E-state index in [-0.39, 0.29) is 27.8 Å². The Balaban J connectivity index is 1.63. The molecule has 5 rings (SSSR count). The Hall–Kier alpha value is -4.01. The van der Waals surface area contributed by atoms with Gasteiger partial charge in [0.15, 0.2) is 23.3 Å². The summed E-state index contributed by atoms with van der Waals surface area (Å²) in [6.07, 6.45) is -10.5. The van der Waals surface area contributed by atoms with Crippen LogP contribution in [0.3, 0.4) is 0 Å². The fourth-order valence-electron chi connectivity index (χ4n) is 4.87. The molecule has 2 aromatic heterocycles. The van der Waals surface area contributed by atoms with Gasteiger partial charge in [0, 0.05) is 16.8 Å². The number of hydrogen-bond donors (Lipinski definition) is 3. The third kappa shape index (κ3) is 5.45. The van der Waals surface area contributed by atoms with Crippen LogP contribution in [0.1, 0.15) is 29.4 Å². The van der Waals surface area contributed by atoms with Crippen LogP contribution in [0.4, 0.5) is 32.2 Å². The number of nitrogens with zero attached hydrogens (tertiary/aromatic N) is 6. The molecule has 226 valence electrons. The molecule has 4 aromatic rings. The minimum absolute atomic E-state index is 0.0286. The van der Waals surface area contributed by atoms with Gasteiger partial charge in [-0.1, -0.05) is 18.2 Å². The van der Waals surface area contributed by atoms with E-state index >= 15 is 0 Å². The molecule has 1 aliphatic heterocycles. The monoisotopic (exact) mass is 628 g/mol. The number of halogens is 7. The van der Waals surface area contributed by atoms with E-state index < -0.39 is 77.8 Å². The van der Waals surface area contributed by atoms with Crippen molar-refractivity contribution in [3.05, 3.63) is 87.6 Å². The summed E-state index contributed by atoms with van der Waals surface area (Å²) in [7, 11) is 0. The number of alkyl halides is 3. The molecule has 1 fully saturated rings. The topological polar surface area (TPSA) is 123 Å². The number of benzene rings is 2. The zero-order valence-electron chi connectivity index (χ0n) is 21.6. The van der Waals surface area contributed by atoms with Crippen LogP contribution in [-0.4, -0.2) is 64.8 Å². The lowest BCUT2D eigenvalue weighted by Gasteiger charge is -2.41. The molecule has 0 aliphatic carbocycles. The van der Waals surface area contributed by atoms with Crippen LogP contribution >= 0.6 is 11.6 Å². The van der Waals surface area contributed by atoms with Crippen LogP contribution in [0.15, 0.2) is 36.5 Å². The molecule has 1 aliphatic rings. The van der Waals surface area contributed by atoms with Crippen molar-refractivity contribution in [3.8, 4) is 16.8 Å². The molecule has 0 radical (unpaired) electrons. The molecule has 3 N–H and O–H groups in total. The second-order valence-corrected chi connectivity index (χ2v) is 9.99. The number of aliphatic hydroxyl groups is 3. The quantitative estimate of drug-likeness (QED) is 0.169.